The number of amides is 1. The molecule has 0 spiro atoms. The minimum atomic E-state index is -0.0811. The van der Waals surface area contributed by atoms with Crippen LogP contribution in [0.25, 0.3) is 0 Å². The maximum Gasteiger partial charge on any atom is 0.224 e. The monoisotopic (exact) mass is 170 g/mol. The number of nitrogens with two attached hydrogens (primary N) is 1. The van der Waals surface area contributed by atoms with Gasteiger partial charge in [-0.05, 0) is 26.7 Å². The van der Waals surface area contributed by atoms with Crippen LogP contribution in [0.3, 0.4) is 0 Å². The second-order valence-electron chi connectivity index (χ2n) is 4.20. The first-order chi connectivity index (χ1) is 5.44. The Morgan fingerprint density at radius 2 is 2.00 bits per heavy atom. The molecule has 0 heterocycles. The molecule has 70 valence electrons. The zero-order chi connectivity index (χ0) is 9.35. The maximum atomic E-state index is 11.4. The average molecular weight is 170 g/mol. The zero-order valence-electron chi connectivity index (χ0n) is 8.05. The molecule has 0 bridgehead atoms. The first-order valence-electron chi connectivity index (χ1n) is 4.52. The lowest BCUT2D eigenvalue weighted by Gasteiger charge is -2.18. The molecule has 2 atom stereocenters. The molecule has 0 saturated heterocycles. The standard InChI is InChI=1S/C9H18N2O/c1-6(7(2)10)8(12)11-9(3)4-5-9/h6-7H,4-5,10H2,1-3H3,(H,11,12). The fourth-order valence-electron chi connectivity index (χ4n) is 0.963. The largest absolute Gasteiger partial charge is 0.351 e. The molecule has 1 amide bonds. The summed E-state index contributed by atoms with van der Waals surface area (Å²) in [6, 6.07) is -0.0626. The van der Waals surface area contributed by atoms with Crippen molar-refractivity contribution in [3.8, 4) is 0 Å². The van der Waals surface area contributed by atoms with Crippen molar-refractivity contribution in [3.05, 3.63) is 0 Å². The van der Waals surface area contributed by atoms with Crippen molar-refractivity contribution in [2.75, 3.05) is 0 Å². The Kier molecular flexibility index (Phi) is 2.42. The molecule has 0 aromatic heterocycles. The Hall–Kier alpha value is -0.570. The van der Waals surface area contributed by atoms with Gasteiger partial charge in [0.2, 0.25) is 5.91 Å². The number of nitrogens with one attached hydrogen (secondary N) is 1. The highest BCUT2D eigenvalue weighted by Gasteiger charge is 2.39. The van der Waals surface area contributed by atoms with E-state index in [0.717, 1.165) is 12.8 Å². The summed E-state index contributed by atoms with van der Waals surface area (Å²) in [5.41, 5.74) is 5.70. The molecule has 1 saturated carbocycles. The van der Waals surface area contributed by atoms with Gasteiger partial charge in [0.1, 0.15) is 0 Å². The number of hydrogen-bond acceptors (Lipinski definition) is 2. The van der Waals surface area contributed by atoms with E-state index in [2.05, 4.69) is 12.2 Å². The minimum absolute atomic E-state index is 0.0626. The summed E-state index contributed by atoms with van der Waals surface area (Å²) in [7, 11) is 0. The van der Waals surface area contributed by atoms with Crippen LogP contribution in [-0.2, 0) is 4.79 Å². The Morgan fingerprint density at radius 3 is 2.33 bits per heavy atom. The minimum Gasteiger partial charge on any atom is -0.351 e. The molecular formula is C9H18N2O. The van der Waals surface area contributed by atoms with Crippen molar-refractivity contribution in [1.82, 2.24) is 5.32 Å². The molecule has 3 heteroatoms. The zero-order valence-corrected chi connectivity index (χ0v) is 8.05. The van der Waals surface area contributed by atoms with Crippen molar-refractivity contribution < 1.29 is 4.79 Å². The second-order valence-corrected chi connectivity index (χ2v) is 4.20. The fraction of sp³-hybridized carbons (Fsp3) is 0.889. The van der Waals surface area contributed by atoms with Gasteiger partial charge in [0.15, 0.2) is 0 Å². The van der Waals surface area contributed by atoms with Crippen molar-refractivity contribution in [2.45, 2.75) is 45.2 Å². The van der Waals surface area contributed by atoms with Crippen molar-refractivity contribution >= 4 is 5.91 Å². The lowest BCUT2D eigenvalue weighted by Crippen LogP contribution is -2.43. The van der Waals surface area contributed by atoms with Gasteiger partial charge in [-0.3, -0.25) is 4.79 Å². The van der Waals surface area contributed by atoms with E-state index in [4.69, 9.17) is 5.73 Å². The molecule has 0 aliphatic heterocycles. The van der Waals surface area contributed by atoms with Crippen LogP contribution in [0.4, 0.5) is 0 Å². The fourth-order valence-corrected chi connectivity index (χ4v) is 0.963. The van der Waals surface area contributed by atoms with Gasteiger partial charge in [-0.25, -0.2) is 0 Å². The van der Waals surface area contributed by atoms with Crippen LogP contribution in [0, 0.1) is 5.92 Å². The molecular weight excluding hydrogens is 152 g/mol. The molecule has 1 fully saturated rings. The van der Waals surface area contributed by atoms with E-state index in [-0.39, 0.29) is 23.4 Å². The van der Waals surface area contributed by atoms with Gasteiger partial charge in [0.05, 0.1) is 0 Å². The molecule has 1 aliphatic rings. The lowest BCUT2D eigenvalue weighted by atomic mass is 10.0. The third kappa shape index (κ3) is 2.21. The molecule has 1 aliphatic carbocycles. The van der Waals surface area contributed by atoms with Crippen molar-refractivity contribution in [1.29, 1.82) is 0 Å². The predicted octanol–water partition coefficient (Wildman–Crippen LogP) is 0.638. The smallest absolute Gasteiger partial charge is 0.224 e. The highest BCUT2D eigenvalue weighted by molar-refractivity contribution is 5.80. The SMILES string of the molecule is CC(N)C(C)C(=O)NC1(C)CC1. The summed E-state index contributed by atoms with van der Waals surface area (Å²) < 4.78 is 0. The third-order valence-corrected chi connectivity index (χ3v) is 2.63. The Labute approximate surface area is 73.7 Å². The molecule has 0 aromatic carbocycles. The van der Waals surface area contributed by atoms with Gasteiger partial charge in [-0.15, -0.1) is 0 Å². The third-order valence-electron chi connectivity index (χ3n) is 2.63. The summed E-state index contributed by atoms with van der Waals surface area (Å²) in [5.74, 6) is 0.00688. The van der Waals surface area contributed by atoms with Gasteiger partial charge in [-0.2, -0.15) is 0 Å². The molecule has 0 radical (unpaired) electrons. The van der Waals surface area contributed by atoms with Crippen LogP contribution in [0.5, 0.6) is 0 Å². The highest BCUT2D eigenvalue weighted by atomic mass is 16.2. The molecule has 12 heavy (non-hydrogen) atoms. The number of hydrogen-bond donors (Lipinski definition) is 2. The lowest BCUT2D eigenvalue weighted by molar-refractivity contribution is -0.125. The van der Waals surface area contributed by atoms with E-state index >= 15 is 0 Å². The van der Waals surface area contributed by atoms with E-state index in [0.29, 0.717) is 0 Å². The topological polar surface area (TPSA) is 55.1 Å². The van der Waals surface area contributed by atoms with Crippen molar-refractivity contribution in [2.24, 2.45) is 11.7 Å². The van der Waals surface area contributed by atoms with Crippen LogP contribution in [0.1, 0.15) is 33.6 Å². The van der Waals surface area contributed by atoms with Gasteiger partial charge in [0.25, 0.3) is 0 Å². The Bertz CT molecular complexity index is 185. The van der Waals surface area contributed by atoms with Gasteiger partial charge in [0, 0.05) is 17.5 Å². The number of carbonyl (C=O) groups excluding carboxylic acids is 1. The molecule has 1 rings (SSSR count). The number of rotatable bonds is 3. The first-order valence-corrected chi connectivity index (χ1v) is 4.52. The highest BCUT2D eigenvalue weighted by Crippen LogP contribution is 2.34. The first kappa shape index (κ1) is 9.52. The summed E-state index contributed by atoms with van der Waals surface area (Å²) in [4.78, 5) is 11.4. The van der Waals surface area contributed by atoms with E-state index in [1.807, 2.05) is 13.8 Å². The van der Waals surface area contributed by atoms with E-state index in [1.54, 1.807) is 0 Å². The molecule has 3 N–H and O–H groups in total. The molecule has 3 nitrogen and oxygen atoms in total. The quantitative estimate of drug-likeness (QED) is 0.653. The average Bonchev–Trinajstić information content (AvgIpc) is 2.66. The summed E-state index contributed by atoms with van der Waals surface area (Å²) >= 11 is 0. The van der Waals surface area contributed by atoms with Crippen LogP contribution in [0.2, 0.25) is 0 Å². The summed E-state index contributed by atoms with van der Waals surface area (Å²) in [6.45, 7) is 5.80. The van der Waals surface area contributed by atoms with Crippen LogP contribution >= 0.6 is 0 Å². The molecule has 0 aromatic rings. The van der Waals surface area contributed by atoms with E-state index < -0.39 is 0 Å². The Balaban J connectivity index is 2.37. The van der Waals surface area contributed by atoms with Crippen molar-refractivity contribution in [3.63, 3.8) is 0 Å². The van der Waals surface area contributed by atoms with Crippen LogP contribution < -0.4 is 11.1 Å². The summed E-state index contributed by atoms with van der Waals surface area (Å²) in [6.07, 6.45) is 2.20. The van der Waals surface area contributed by atoms with E-state index in [1.165, 1.54) is 0 Å². The normalized spacial score (nSPS) is 24.3. The van der Waals surface area contributed by atoms with E-state index in [9.17, 15) is 4.79 Å². The predicted molar refractivity (Wildman–Crippen MR) is 48.6 cm³/mol. The van der Waals surface area contributed by atoms with Crippen LogP contribution in [-0.4, -0.2) is 17.5 Å². The van der Waals surface area contributed by atoms with Gasteiger partial charge >= 0.3 is 0 Å². The maximum absolute atomic E-state index is 11.4. The molecule has 2 unspecified atom stereocenters. The van der Waals surface area contributed by atoms with Gasteiger partial charge in [-0.1, -0.05) is 6.92 Å². The number of carbonyl (C=O) groups is 1. The second kappa shape index (κ2) is 3.05. The van der Waals surface area contributed by atoms with Crippen LogP contribution in [0.15, 0.2) is 0 Å². The van der Waals surface area contributed by atoms with Gasteiger partial charge < -0.3 is 11.1 Å². The summed E-state index contributed by atoms with van der Waals surface area (Å²) in [5, 5.41) is 2.99. The Morgan fingerprint density at radius 1 is 1.50 bits per heavy atom.